The number of carbonyl (C=O) groups is 1. The van der Waals surface area contributed by atoms with Crippen LogP contribution in [0.15, 0.2) is 0 Å². The first kappa shape index (κ1) is 12.4. The summed E-state index contributed by atoms with van der Waals surface area (Å²) in [7, 11) is 0. The van der Waals surface area contributed by atoms with Crippen LogP contribution in [0.25, 0.3) is 0 Å². The van der Waals surface area contributed by atoms with Gasteiger partial charge in [0.25, 0.3) is 0 Å². The lowest BCUT2D eigenvalue weighted by Crippen LogP contribution is -2.19. The Morgan fingerprint density at radius 3 is 2.47 bits per heavy atom. The topological polar surface area (TPSA) is 53.4 Å². The molecule has 0 bridgehead atoms. The SMILES string of the molecule is CCc1nc(N2CC(C)C(C)C2)sc1C(=O)O. The van der Waals surface area contributed by atoms with Gasteiger partial charge in [-0.1, -0.05) is 32.1 Å². The van der Waals surface area contributed by atoms with Gasteiger partial charge in [0.05, 0.1) is 5.69 Å². The minimum atomic E-state index is -0.856. The molecule has 0 amide bonds. The van der Waals surface area contributed by atoms with E-state index < -0.39 is 5.97 Å². The first-order valence-electron chi connectivity index (χ1n) is 6.00. The number of hydrogen-bond acceptors (Lipinski definition) is 4. The van der Waals surface area contributed by atoms with E-state index in [4.69, 9.17) is 5.11 Å². The number of rotatable bonds is 3. The molecule has 0 aromatic carbocycles. The number of aromatic carboxylic acids is 1. The van der Waals surface area contributed by atoms with Gasteiger partial charge in [-0.3, -0.25) is 0 Å². The van der Waals surface area contributed by atoms with Crippen LogP contribution in [0.2, 0.25) is 0 Å². The van der Waals surface area contributed by atoms with Crippen LogP contribution in [0.5, 0.6) is 0 Å². The fourth-order valence-electron chi connectivity index (χ4n) is 2.17. The van der Waals surface area contributed by atoms with Crippen LogP contribution in [0.4, 0.5) is 5.13 Å². The smallest absolute Gasteiger partial charge is 0.347 e. The second-order valence-electron chi connectivity index (χ2n) is 4.79. The maximum Gasteiger partial charge on any atom is 0.347 e. The second-order valence-corrected chi connectivity index (χ2v) is 5.77. The molecule has 5 heteroatoms. The van der Waals surface area contributed by atoms with Crippen molar-refractivity contribution in [1.29, 1.82) is 0 Å². The minimum absolute atomic E-state index is 0.398. The summed E-state index contributed by atoms with van der Waals surface area (Å²) in [5.74, 6) is 0.445. The molecule has 1 aromatic heterocycles. The molecule has 0 saturated carbocycles. The van der Waals surface area contributed by atoms with Gasteiger partial charge in [0.1, 0.15) is 4.88 Å². The highest BCUT2D eigenvalue weighted by molar-refractivity contribution is 7.17. The quantitative estimate of drug-likeness (QED) is 0.900. The Kier molecular flexibility index (Phi) is 3.38. The van der Waals surface area contributed by atoms with E-state index in [1.54, 1.807) is 0 Å². The van der Waals surface area contributed by atoms with Crippen LogP contribution in [0.1, 0.15) is 36.1 Å². The molecule has 17 heavy (non-hydrogen) atoms. The van der Waals surface area contributed by atoms with Gasteiger partial charge in [-0.2, -0.15) is 0 Å². The molecule has 1 fully saturated rings. The summed E-state index contributed by atoms with van der Waals surface area (Å²) in [5, 5.41) is 9.98. The Morgan fingerprint density at radius 1 is 1.47 bits per heavy atom. The Labute approximate surface area is 105 Å². The van der Waals surface area contributed by atoms with Gasteiger partial charge in [-0.25, -0.2) is 9.78 Å². The summed E-state index contributed by atoms with van der Waals surface area (Å²) in [6, 6.07) is 0. The molecule has 94 valence electrons. The van der Waals surface area contributed by atoms with Crippen molar-refractivity contribution in [2.45, 2.75) is 27.2 Å². The number of carboxylic acids is 1. The van der Waals surface area contributed by atoms with E-state index in [9.17, 15) is 4.79 Å². The highest BCUT2D eigenvalue weighted by Gasteiger charge is 2.29. The summed E-state index contributed by atoms with van der Waals surface area (Å²) >= 11 is 1.31. The van der Waals surface area contributed by atoms with E-state index in [2.05, 4.69) is 23.7 Å². The first-order chi connectivity index (χ1) is 8.02. The van der Waals surface area contributed by atoms with Crippen molar-refractivity contribution in [1.82, 2.24) is 4.98 Å². The van der Waals surface area contributed by atoms with Crippen LogP contribution in [0, 0.1) is 11.8 Å². The lowest BCUT2D eigenvalue weighted by molar-refractivity contribution is 0.0701. The first-order valence-corrected chi connectivity index (χ1v) is 6.82. The van der Waals surface area contributed by atoms with Crippen molar-refractivity contribution in [2.24, 2.45) is 11.8 Å². The molecule has 1 aromatic rings. The average molecular weight is 254 g/mol. The third-order valence-electron chi connectivity index (χ3n) is 3.47. The summed E-state index contributed by atoms with van der Waals surface area (Å²) in [4.78, 5) is 18.2. The number of aromatic nitrogens is 1. The molecule has 2 heterocycles. The fourth-order valence-corrected chi connectivity index (χ4v) is 3.18. The molecular weight excluding hydrogens is 236 g/mol. The van der Waals surface area contributed by atoms with E-state index in [0.717, 1.165) is 18.2 Å². The van der Waals surface area contributed by atoms with Crippen LogP contribution in [-0.2, 0) is 6.42 Å². The van der Waals surface area contributed by atoms with Crippen molar-refractivity contribution in [3.8, 4) is 0 Å². The molecule has 1 aliphatic rings. The second kappa shape index (κ2) is 4.64. The summed E-state index contributed by atoms with van der Waals surface area (Å²) in [6.07, 6.45) is 0.678. The van der Waals surface area contributed by atoms with Crippen molar-refractivity contribution in [2.75, 3.05) is 18.0 Å². The standard InChI is InChI=1S/C12H18N2O2S/c1-4-9-10(11(15)16)17-12(13-9)14-5-7(2)8(3)6-14/h7-8H,4-6H2,1-3H3,(H,15,16). The predicted octanol–water partition coefficient (Wildman–Crippen LogP) is 2.50. The maximum absolute atomic E-state index is 11.1. The average Bonchev–Trinajstić information content (AvgIpc) is 2.83. The van der Waals surface area contributed by atoms with Gasteiger partial charge in [-0.05, 0) is 18.3 Å². The molecule has 0 radical (unpaired) electrons. The molecule has 1 saturated heterocycles. The Hall–Kier alpha value is -1.10. The Balaban J connectivity index is 2.25. The number of hydrogen-bond donors (Lipinski definition) is 1. The van der Waals surface area contributed by atoms with Gasteiger partial charge in [0, 0.05) is 13.1 Å². The van der Waals surface area contributed by atoms with Crippen molar-refractivity contribution in [3.05, 3.63) is 10.6 Å². The van der Waals surface area contributed by atoms with Gasteiger partial charge in [0.2, 0.25) is 0 Å². The Bertz CT molecular complexity index is 420. The number of thiazole rings is 1. The van der Waals surface area contributed by atoms with E-state index in [0.29, 0.717) is 28.8 Å². The van der Waals surface area contributed by atoms with Crippen LogP contribution in [0.3, 0.4) is 0 Å². The lowest BCUT2D eigenvalue weighted by atomic mass is 10.0. The van der Waals surface area contributed by atoms with Crippen molar-refractivity contribution >= 4 is 22.4 Å². The molecule has 4 nitrogen and oxygen atoms in total. The number of nitrogens with zero attached hydrogens (tertiary/aromatic N) is 2. The van der Waals surface area contributed by atoms with Crippen molar-refractivity contribution in [3.63, 3.8) is 0 Å². The zero-order valence-electron chi connectivity index (χ0n) is 10.4. The Morgan fingerprint density at radius 2 is 2.06 bits per heavy atom. The van der Waals surface area contributed by atoms with E-state index in [1.807, 2.05) is 6.92 Å². The molecule has 1 aliphatic heterocycles. The van der Waals surface area contributed by atoms with Gasteiger partial charge < -0.3 is 10.0 Å². The summed E-state index contributed by atoms with van der Waals surface area (Å²) in [6.45, 7) is 8.38. The normalized spacial score (nSPS) is 24.3. The molecule has 2 unspecified atom stereocenters. The molecule has 0 spiro atoms. The summed E-state index contributed by atoms with van der Waals surface area (Å²) in [5.41, 5.74) is 0.713. The van der Waals surface area contributed by atoms with Crippen LogP contribution >= 0.6 is 11.3 Å². The molecular formula is C12H18N2O2S. The van der Waals surface area contributed by atoms with E-state index in [-0.39, 0.29) is 0 Å². The summed E-state index contributed by atoms with van der Waals surface area (Å²) < 4.78 is 0. The lowest BCUT2D eigenvalue weighted by Gasteiger charge is -2.13. The number of anilines is 1. The zero-order valence-corrected chi connectivity index (χ0v) is 11.3. The molecule has 0 aliphatic carbocycles. The third-order valence-corrected chi connectivity index (χ3v) is 4.62. The van der Waals surface area contributed by atoms with E-state index in [1.165, 1.54) is 11.3 Å². The predicted molar refractivity (Wildman–Crippen MR) is 69.0 cm³/mol. The van der Waals surface area contributed by atoms with Crippen molar-refractivity contribution < 1.29 is 9.90 Å². The minimum Gasteiger partial charge on any atom is -0.477 e. The van der Waals surface area contributed by atoms with E-state index >= 15 is 0 Å². The van der Waals surface area contributed by atoms with Gasteiger partial charge in [-0.15, -0.1) is 0 Å². The van der Waals surface area contributed by atoms with Crippen LogP contribution < -0.4 is 4.90 Å². The molecule has 2 atom stereocenters. The number of aryl methyl sites for hydroxylation is 1. The molecule has 1 N–H and O–H groups in total. The molecule has 2 rings (SSSR count). The monoisotopic (exact) mass is 254 g/mol. The largest absolute Gasteiger partial charge is 0.477 e. The third kappa shape index (κ3) is 2.29. The highest BCUT2D eigenvalue weighted by atomic mass is 32.1. The zero-order chi connectivity index (χ0) is 12.6. The maximum atomic E-state index is 11.1. The van der Waals surface area contributed by atoms with Crippen LogP contribution in [-0.4, -0.2) is 29.1 Å². The number of carboxylic acid groups (broad SMARTS) is 1. The highest BCUT2D eigenvalue weighted by Crippen LogP contribution is 2.32. The van der Waals surface area contributed by atoms with Gasteiger partial charge in [0.15, 0.2) is 5.13 Å². The fraction of sp³-hybridized carbons (Fsp3) is 0.667. The van der Waals surface area contributed by atoms with Gasteiger partial charge >= 0.3 is 5.97 Å².